The summed E-state index contributed by atoms with van der Waals surface area (Å²) in [5, 5.41) is 7.03. The number of carbonyl (C=O) groups excluding carboxylic acids is 1. The van der Waals surface area contributed by atoms with Gasteiger partial charge in [-0.2, -0.15) is 0 Å². The van der Waals surface area contributed by atoms with Crippen LogP contribution in [0.25, 0.3) is 10.9 Å². The zero-order chi connectivity index (χ0) is 17.7. The number of urea groups is 1. The Morgan fingerprint density at radius 3 is 2.88 bits per heavy atom. The number of hydrogen-bond acceptors (Lipinski definition) is 3. The average Bonchev–Trinajstić information content (AvgIpc) is 3.21. The van der Waals surface area contributed by atoms with E-state index in [9.17, 15) is 4.79 Å². The molecule has 0 aliphatic carbocycles. The monoisotopic (exact) mass is 345 g/mol. The minimum absolute atomic E-state index is 0.131. The van der Waals surface area contributed by atoms with Gasteiger partial charge in [-0.15, -0.1) is 0 Å². The van der Waals surface area contributed by atoms with Gasteiger partial charge in [0.25, 0.3) is 0 Å². The standard InChI is InChI=1S/C19H27N3O3/c1-14(12-19(2)24-9-10-25-19)13-22-18(23)21-7-5-15-3-4-17-16(11-15)6-8-20-17/h3-4,6,8,11,14,20H,5,7,9-10,12-13H2,1-2H3,(H2,21,22,23)/t14-/m0/s1. The van der Waals surface area contributed by atoms with Gasteiger partial charge in [0.2, 0.25) is 0 Å². The van der Waals surface area contributed by atoms with Crippen LogP contribution < -0.4 is 10.6 Å². The Kier molecular flexibility index (Phi) is 5.60. The number of hydrogen-bond donors (Lipinski definition) is 3. The number of H-pyrrole nitrogens is 1. The molecular weight excluding hydrogens is 318 g/mol. The fourth-order valence-electron chi connectivity index (χ4n) is 3.29. The lowest BCUT2D eigenvalue weighted by Crippen LogP contribution is -2.40. The predicted molar refractivity (Wildman–Crippen MR) is 97.5 cm³/mol. The van der Waals surface area contributed by atoms with E-state index in [1.807, 2.05) is 13.1 Å². The van der Waals surface area contributed by atoms with Gasteiger partial charge in [0.05, 0.1) is 13.2 Å². The second-order valence-electron chi connectivity index (χ2n) is 6.93. The molecule has 0 saturated carbocycles. The van der Waals surface area contributed by atoms with Crippen LogP contribution in [0.1, 0.15) is 25.8 Å². The first-order chi connectivity index (χ1) is 12.0. The average molecular weight is 345 g/mol. The molecule has 3 rings (SSSR count). The van der Waals surface area contributed by atoms with Gasteiger partial charge in [-0.05, 0) is 48.4 Å². The number of amides is 2. The third-order valence-corrected chi connectivity index (χ3v) is 4.55. The molecule has 2 aromatic rings. The molecule has 0 bridgehead atoms. The lowest BCUT2D eigenvalue weighted by molar-refractivity contribution is -0.153. The number of ether oxygens (including phenoxy) is 2. The van der Waals surface area contributed by atoms with Crippen LogP contribution in [0.15, 0.2) is 30.5 Å². The van der Waals surface area contributed by atoms with Crippen LogP contribution >= 0.6 is 0 Å². The maximum Gasteiger partial charge on any atom is 0.314 e. The van der Waals surface area contributed by atoms with E-state index in [0.29, 0.717) is 26.3 Å². The maximum atomic E-state index is 11.9. The van der Waals surface area contributed by atoms with Crippen molar-refractivity contribution in [1.82, 2.24) is 15.6 Å². The molecule has 2 heterocycles. The van der Waals surface area contributed by atoms with Crippen LogP contribution in [0.2, 0.25) is 0 Å². The van der Waals surface area contributed by atoms with Gasteiger partial charge in [-0.3, -0.25) is 0 Å². The second kappa shape index (κ2) is 7.89. The van der Waals surface area contributed by atoms with Gasteiger partial charge in [0.15, 0.2) is 5.79 Å². The molecular formula is C19H27N3O3. The van der Waals surface area contributed by atoms with Gasteiger partial charge in [0.1, 0.15) is 0 Å². The molecule has 0 radical (unpaired) electrons. The minimum atomic E-state index is -0.506. The summed E-state index contributed by atoms with van der Waals surface area (Å²) in [4.78, 5) is 15.1. The van der Waals surface area contributed by atoms with Crippen LogP contribution in [-0.4, -0.2) is 43.1 Å². The van der Waals surface area contributed by atoms with Crippen LogP contribution in [-0.2, 0) is 15.9 Å². The van der Waals surface area contributed by atoms with E-state index in [-0.39, 0.29) is 11.9 Å². The van der Waals surface area contributed by atoms with E-state index < -0.39 is 5.79 Å². The smallest absolute Gasteiger partial charge is 0.314 e. The molecule has 1 aliphatic rings. The van der Waals surface area contributed by atoms with Gasteiger partial charge < -0.3 is 25.1 Å². The molecule has 6 nitrogen and oxygen atoms in total. The largest absolute Gasteiger partial charge is 0.361 e. The Morgan fingerprint density at radius 1 is 1.28 bits per heavy atom. The molecule has 1 aromatic carbocycles. The lowest BCUT2D eigenvalue weighted by atomic mass is 10.0. The summed E-state index contributed by atoms with van der Waals surface area (Å²) in [6.45, 7) is 6.54. The van der Waals surface area contributed by atoms with Gasteiger partial charge in [-0.25, -0.2) is 4.79 Å². The Bertz CT molecular complexity index is 707. The van der Waals surface area contributed by atoms with Crippen molar-refractivity contribution >= 4 is 16.9 Å². The molecule has 1 fully saturated rings. The first kappa shape index (κ1) is 17.8. The number of rotatable bonds is 7. The number of carbonyl (C=O) groups is 1. The molecule has 1 atom stereocenters. The van der Waals surface area contributed by atoms with E-state index in [2.05, 4.69) is 46.8 Å². The molecule has 6 heteroatoms. The van der Waals surface area contributed by atoms with Gasteiger partial charge in [-0.1, -0.05) is 13.0 Å². The third-order valence-electron chi connectivity index (χ3n) is 4.55. The number of aromatic nitrogens is 1. The summed E-state index contributed by atoms with van der Waals surface area (Å²) >= 11 is 0. The highest BCUT2D eigenvalue weighted by molar-refractivity contribution is 5.80. The van der Waals surface area contributed by atoms with Crippen molar-refractivity contribution in [1.29, 1.82) is 0 Å². The molecule has 1 saturated heterocycles. The summed E-state index contributed by atoms with van der Waals surface area (Å²) in [5.41, 5.74) is 2.34. The summed E-state index contributed by atoms with van der Waals surface area (Å²) in [6.07, 6.45) is 3.51. The van der Waals surface area contributed by atoms with Crippen molar-refractivity contribution in [3.05, 3.63) is 36.0 Å². The zero-order valence-electron chi connectivity index (χ0n) is 14.9. The van der Waals surface area contributed by atoms with E-state index in [4.69, 9.17) is 9.47 Å². The molecule has 2 amide bonds. The fourth-order valence-corrected chi connectivity index (χ4v) is 3.29. The van der Waals surface area contributed by atoms with E-state index in [1.165, 1.54) is 10.9 Å². The van der Waals surface area contributed by atoms with E-state index in [0.717, 1.165) is 18.4 Å². The number of aromatic amines is 1. The first-order valence-corrected chi connectivity index (χ1v) is 8.90. The quantitative estimate of drug-likeness (QED) is 0.722. The van der Waals surface area contributed by atoms with Crippen molar-refractivity contribution in [3.8, 4) is 0 Å². The maximum absolute atomic E-state index is 11.9. The van der Waals surface area contributed by atoms with E-state index >= 15 is 0 Å². The first-order valence-electron chi connectivity index (χ1n) is 8.90. The lowest BCUT2D eigenvalue weighted by Gasteiger charge is -2.26. The topological polar surface area (TPSA) is 75.4 Å². The highest BCUT2D eigenvalue weighted by Crippen LogP contribution is 2.26. The predicted octanol–water partition coefficient (Wildman–Crippen LogP) is 2.80. The minimum Gasteiger partial charge on any atom is -0.361 e. The summed E-state index contributed by atoms with van der Waals surface area (Å²) in [7, 11) is 0. The Balaban J connectivity index is 1.35. The summed E-state index contributed by atoms with van der Waals surface area (Å²) in [6, 6.07) is 8.23. The molecule has 1 aromatic heterocycles. The van der Waals surface area contributed by atoms with Crippen molar-refractivity contribution in [2.75, 3.05) is 26.3 Å². The van der Waals surface area contributed by atoms with Crippen LogP contribution in [0.3, 0.4) is 0 Å². The van der Waals surface area contributed by atoms with E-state index in [1.54, 1.807) is 0 Å². The third kappa shape index (κ3) is 4.96. The molecule has 0 unspecified atom stereocenters. The van der Waals surface area contributed by atoms with Crippen molar-refractivity contribution in [2.24, 2.45) is 5.92 Å². The Hall–Kier alpha value is -2.05. The number of nitrogens with one attached hydrogen (secondary N) is 3. The molecule has 0 spiro atoms. The molecule has 1 aliphatic heterocycles. The normalized spacial score (nSPS) is 17.5. The fraction of sp³-hybridized carbons (Fsp3) is 0.526. The summed E-state index contributed by atoms with van der Waals surface area (Å²) < 4.78 is 11.2. The van der Waals surface area contributed by atoms with Crippen LogP contribution in [0, 0.1) is 5.92 Å². The van der Waals surface area contributed by atoms with Gasteiger partial charge in [0, 0.05) is 31.2 Å². The second-order valence-corrected chi connectivity index (χ2v) is 6.93. The van der Waals surface area contributed by atoms with Crippen LogP contribution in [0.4, 0.5) is 4.79 Å². The SMILES string of the molecule is C[C@H](CNC(=O)NCCc1ccc2[nH]ccc2c1)CC1(C)OCCO1. The number of benzene rings is 1. The Labute approximate surface area is 148 Å². The molecule has 25 heavy (non-hydrogen) atoms. The molecule has 3 N–H and O–H groups in total. The number of fused-ring (bicyclic) bond motifs is 1. The highest BCUT2D eigenvalue weighted by atomic mass is 16.7. The van der Waals surface area contributed by atoms with Crippen molar-refractivity contribution in [3.63, 3.8) is 0 Å². The van der Waals surface area contributed by atoms with Crippen LogP contribution in [0.5, 0.6) is 0 Å². The van der Waals surface area contributed by atoms with Crippen molar-refractivity contribution < 1.29 is 14.3 Å². The zero-order valence-corrected chi connectivity index (χ0v) is 14.9. The highest BCUT2D eigenvalue weighted by Gasteiger charge is 2.32. The van der Waals surface area contributed by atoms with Gasteiger partial charge >= 0.3 is 6.03 Å². The molecule has 136 valence electrons. The van der Waals surface area contributed by atoms with Crippen molar-refractivity contribution in [2.45, 2.75) is 32.5 Å². The summed E-state index contributed by atoms with van der Waals surface area (Å²) in [5.74, 6) is -0.223. The Morgan fingerprint density at radius 2 is 2.08 bits per heavy atom.